The van der Waals surface area contributed by atoms with E-state index >= 15 is 0 Å². The molecule has 0 saturated carbocycles. The number of carbonyl (C=O) groups excluding carboxylic acids is 2. The second-order valence-corrected chi connectivity index (χ2v) is 4.57. The third kappa shape index (κ3) is 2.95. The molecule has 2 amide bonds. The molecule has 2 saturated heterocycles. The van der Waals surface area contributed by atoms with E-state index in [-0.39, 0.29) is 17.7 Å². The molecule has 1 atom stereocenters. The maximum atomic E-state index is 11.9. The van der Waals surface area contributed by atoms with Crippen LogP contribution in [-0.2, 0) is 9.59 Å². The molecule has 0 aromatic rings. The lowest BCUT2D eigenvalue weighted by molar-refractivity contribution is -0.129. The monoisotopic (exact) mass is 225 g/mol. The highest BCUT2D eigenvalue weighted by Gasteiger charge is 2.26. The summed E-state index contributed by atoms with van der Waals surface area (Å²) in [4.78, 5) is 22.9. The molecule has 2 rings (SSSR count). The van der Waals surface area contributed by atoms with E-state index in [1.54, 1.807) is 0 Å². The lowest BCUT2D eigenvalue weighted by Gasteiger charge is -2.27. The van der Waals surface area contributed by atoms with Gasteiger partial charge in [0.05, 0.1) is 5.92 Å². The summed E-state index contributed by atoms with van der Waals surface area (Å²) in [5.41, 5.74) is 0. The fourth-order valence-corrected chi connectivity index (χ4v) is 2.24. The van der Waals surface area contributed by atoms with Gasteiger partial charge in [-0.3, -0.25) is 9.59 Å². The molecule has 2 heterocycles. The molecule has 16 heavy (non-hydrogen) atoms. The molecule has 0 radical (unpaired) electrons. The summed E-state index contributed by atoms with van der Waals surface area (Å²) in [6.45, 7) is 2.45. The number of hydrogen-bond acceptors (Lipinski definition) is 3. The zero-order valence-corrected chi connectivity index (χ0v) is 9.42. The zero-order chi connectivity index (χ0) is 11.4. The van der Waals surface area contributed by atoms with E-state index in [4.69, 9.17) is 0 Å². The highest BCUT2D eigenvalue weighted by Crippen LogP contribution is 2.12. The maximum Gasteiger partial charge on any atom is 0.225 e. The van der Waals surface area contributed by atoms with Crippen LogP contribution < -0.4 is 16.0 Å². The van der Waals surface area contributed by atoms with Gasteiger partial charge in [-0.2, -0.15) is 0 Å². The Bertz CT molecular complexity index is 264. The minimum Gasteiger partial charge on any atom is -0.355 e. The van der Waals surface area contributed by atoms with E-state index in [1.807, 2.05) is 0 Å². The van der Waals surface area contributed by atoms with Crippen LogP contribution in [0.3, 0.4) is 0 Å². The Balaban J connectivity index is 1.76. The largest absolute Gasteiger partial charge is 0.355 e. The Hall–Kier alpha value is -1.10. The van der Waals surface area contributed by atoms with Crippen molar-refractivity contribution in [2.24, 2.45) is 5.92 Å². The highest BCUT2D eigenvalue weighted by molar-refractivity contribution is 5.83. The quantitative estimate of drug-likeness (QED) is 0.586. The third-order valence-electron chi connectivity index (χ3n) is 3.32. The first-order chi connectivity index (χ1) is 7.75. The van der Waals surface area contributed by atoms with Crippen LogP contribution in [0, 0.1) is 5.92 Å². The topological polar surface area (TPSA) is 70.2 Å². The van der Waals surface area contributed by atoms with Gasteiger partial charge < -0.3 is 16.0 Å². The summed E-state index contributed by atoms with van der Waals surface area (Å²) in [5.74, 6) is 0.130. The standard InChI is InChI=1S/C11H19N3O2/c15-10-2-1-8(7-13-10)11(16)14-9-3-5-12-6-4-9/h8-9,12H,1-7H2,(H,13,15)(H,14,16). The Morgan fingerprint density at radius 2 is 2.00 bits per heavy atom. The SMILES string of the molecule is O=C1CCC(C(=O)NC2CCNCC2)CN1. The predicted molar refractivity (Wildman–Crippen MR) is 59.8 cm³/mol. The molecule has 2 aliphatic heterocycles. The summed E-state index contributed by atoms with van der Waals surface area (Å²) in [6.07, 6.45) is 3.17. The van der Waals surface area contributed by atoms with Gasteiger partial charge >= 0.3 is 0 Å². The van der Waals surface area contributed by atoms with Gasteiger partial charge in [0, 0.05) is 19.0 Å². The lowest BCUT2D eigenvalue weighted by atomic mass is 9.97. The van der Waals surface area contributed by atoms with E-state index in [0.29, 0.717) is 25.4 Å². The third-order valence-corrected chi connectivity index (χ3v) is 3.32. The molecular weight excluding hydrogens is 206 g/mol. The molecule has 5 heteroatoms. The molecule has 0 bridgehead atoms. The van der Waals surface area contributed by atoms with Crippen molar-refractivity contribution in [3.8, 4) is 0 Å². The van der Waals surface area contributed by atoms with E-state index < -0.39 is 0 Å². The van der Waals surface area contributed by atoms with Gasteiger partial charge in [-0.15, -0.1) is 0 Å². The number of carbonyl (C=O) groups is 2. The minimum atomic E-state index is -0.0346. The molecule has 0 aromatic carbocycles. The number of nitrogens with one attached hydrogen (secondary N) is 3. The Morgan fingerprint density at radius 3 is 2.62 bits per heavy atom. The smallest absolute Gasteiger partial charge is 0.225 e. The molecule has 90 valence electrons. The first-order valence-electron chi connectivity index (χ1n) is 6.03. The van der Waals surface area contributed by atoms with Gasteiger partial charge in [-0.25, -0.2) is 0 Å². The van der Waals surface area contributed by atoms with Crippen molar-refractivity contribution in [1.82, 2.24) is 16.0 Å². The first kappa shape index (κ1) is 11.4. The summed E-state index contributed by atoms with van der Waals surface area (Å²) in [7, 11) is 0. The average molecular weight is 225 g/mol. The Kier molecular flexibility index (Phi) is 3.77. The van der Waals surface area contributed by atoms with Crippen LogP contribution in [0.25, 0.3) is 0 Å². The lowest BCUT2D eigenvalue weighted by Crippen LogP contribution is -2.48. The summed E-state index contributed by atoms with van der Waals surface area (Å²) >= 11 is 0. The van der Waals surface area contributed by atoms with Crippen molar-refractivity contribution in [2.45, 2.75) is 31.7 Å². The Morgan fingerprint density at radius 1 is 1.25 bits per heavy atom. The minimum absolute atomic E-state index is 0.0346. The average Bonchev–Trinajstić information content (AvgIpc) is 2.31. The van der Waals surface area contributed by atoms with Crippen LogP contribution >= 0.6 is 0 Å². The van der Waals surface area contributed by atoms with Crippen LogP contribution in [0.15, 0.2) is 0 Å². The molecule has 0 aliphatic carbocycles. The summed E-state index contributed by atoms with van der Waals surface area (Å²) in [5, 5.41) is 9.08. The number of piperidine rings is 2. The molecule has 0 aromatic heterocycles. The van der Waals surface area contributed by atoms with Gasteiger partial charge in [0.25, 0.3) is 0 Å². The van der Waals surface area contributed by atoms with Crippen molar-refractivity contribution in [3.05, 3.63) is 0 Å². The molecule has 3 N–H and O–H groups in total. The zero-order valence-electron chi connectivity index (χ0n) is 9.42. The van der Waals surface area contributed by atoms with Crippen LogP contribution in [0.2, 0.25) is 0 Å². The molecule has 5 nitrogen and oxygen atoms in total. The van der Waals surface area contributed by atoms with Gasteiger partial charge in [-0.05, 0) is 32.4 Å². The highest BCUT2D eigenvalue weighted by atomic mass is 16.2. The number of amides is 2. The second-order valence-electron chi connectivity index (χ2n) is 4.57. The van der Waals surface area contributed by atoms with Crippen LogP contribution in [0.5, 0.6) is 0 Å². The van der Waals surface area contributed by atoms with Gasteiger partial charge in [0.1, 0.15) is 0 Å². The predicted octanol–water partition coefficient (Wildman–Crippen LogP) is -0.619. The van der Waals surface area contributed by atoms with Crippen LogP contribution in [0.1, 0.15) is 25.7 Å². The normalized spacial score (nSPS) is 27.2. The Labute approximate surface area is 95.3 Å². The summed E-state index contributed by atoms with van der Waals surface area (Å²) < 4.78 is 0. The van der Waals surface area contributed by atoms with Crippen molar-refractivity contribution in [2.75, 3.05) is 19.6 Å². The number of rotatable bonds is 2. The molecule has 2 fully saturated rings. The fourth-order valence-electron chi connectivity index (χ4n) is 2.24. The van der Waals surface area contributed by atoms with Crippen molar-refractivity contribution in [3.63, 3.8) is 0 Å². The molecular formula is C11H19N3O2. The number of hydrogen-bond donors (Lipinski definition) is 3. The fraction of sp³-hybridized carbons (Fsp3) is 0.818. The van der Waals surface area contributed by atoms with Crippen molar-refractivity contribution in [1.29, 1.82) is 0 Å². The van der Waals surface area contributed by atoms with Gasteiger partial charge in [0.2, 0.25) is 11.8 Å². The van der Waals surface area contributed by atoms with E-state index in [1.165, 1.54) is 0 Å². The van der Waals surface area contributed by atoms with Crippen LogP contribution in [0.4, 0.5) is 0 Å². The van der Waals surface area contributed by atoms with E-state index in [2.05, 4.69) is 16.0 Å². The molecule has 2 aliphatic rings. The first-order valence-corrected chi connectivity index (χ1v) is 6.03. The van der Waals surface area contributed by atoms with Crippen molar-refractivity contribution < 1.29 is 9.59 Å². The van der Waals surface area contributed by atoms with Gasteiger partial charge in [0.15, 0.2) is 0 Å². The second kappa shape index (κ2) is 5.30. The van der Waals surface area contributed by atoms with E-state index in [0.717, 1.165) is 25.9 Å². The van der Waals surface area contributed by atoms with Gasteiger partial charge in [-0.1, -0.05) is 0 Å². The maximum absolute atomic E-state index is 11.9. The van der Waals surface area contributed by atoms with Crippen LogP contribution in [-0.4, -0.2) is 37.5 Å². The van der Waals surface area contributed by atoms with E-state index in [9.17, 15) is 9.59 Å². The molecule has 1 unspecified atom stereocenters. The van der Waals surface area contributed by atoms with Crippen molar-refractivity contribution >= 4 is 11.8 Å². The molecule has 0 spiro atoms. The summed E-state index contributed by atoms with van der Waals surface area (Å²) in [6, 6.07) is 0.311.